The van der Waals surface area contributed by atoms with E-state index in [0.29, 0.717) is 23.1 Å². The van der Waals surface area contributed by atoms with Gasteiger partial charge in [0, 0.05) is 0 Å². The van der Waals surface area contributed by atoms with Gasteiger partial charge < -0.3 is 9.15 Å². The van der Waals surface area contributed by atoms with Crippen LogP contribution in [-0.4, -0.2) is 6.61 Å². The molecule has 0 aliphatic rings. The molecule has 3 aromatic carbocycles. The Morgan fingerprint density at radius 2 is 1.67 bits per heavy atom. The minimum absolute atomic E-state index is 0.0669. The second-order valence-corrected chi connectivity index (χ2v) is 5.55. The monoisotopic (exact) mass is 316 g/mol. The summed E-state index contributed by atoms with van der Waals surface area (Å²) < 4.78 is 11.6. The van der Waals surface area contributed by atoms with E-state index in [1.165, 1.54) is 0 Å². The van der Waals surface area contributed by atoms with E-state index in [4.69, 9.17) is 9.15 Å². The van der Waals surface area contributed by atoms with Crippen molar-refractivity contribution in [1.29, 1.82) is 0 Å². The summed E-state index contributed by atoms with van der Waals surface area (Å²) in [7, 11) is 0. The minimum atomic E-state index is -0.0669. The highest BCUT2D eigenvalue weighted by molar-refractivity contribution is 6.06. The molecule has 0 N–H and O–H groups in total. The maximum atomic E-state index is 13.3. The third-order valence-electron chi connectivity index (χ3n) is 4.09. The Morgan fingerprint density at radius 3 is 2.46 bits per heavy atom. The normalized spacial score (nSPS) is 11.0. The van der Waals surface area contributed by atoms with Gasteiger partial charge in [-0.15, -0.1) is 0 Å². The molecule has 0 amide bonds. The molecule has 3 heteroatoms. The van der Waals surface area contributed by atoms with Gasteiger partial charge in [-0.2, -0.15) is 0 Å². The highest BCUT2D eigenvalue weighted by atomic mass is 16.6. The molecular formula is C21H16O3. The van der Waals surface area contributed by atoms with Crippen LogP contribution in [0.25, 0.3) is 32.9 Å². The van der Waals surface area contributed by atoms with Crippen molar-refractivity contribution < 1.29 is 9.15 Å². The number of benzene rings is 3. The van der Waals surface area contributed by atoms with Crippen molar-refractivity contribution in [3.8, 4) is 17.1 Å². The topological polar surface area (TPSA) is 39.4 Å². The van der Waals surface area contributed by atoms with Crippen LogP contribution < -0.4 is 10.2 Å². The van der Waals surface area contributed by atoms with Crippen LogP contribution >= 0.6 is 0 Å². The fraction of sp³-hybridized carbons (Fsp3) is 0.0952. The third-order valence-corrected chi connectivity index (χ3v) is 4.09. The van der Waals surface area contributed by atoms with Crippen LogP contribution in [0, 0.1) is 0 Å². The number of rotatable bonds is 3. The molecule has 0 aliphatic carbocycles. The van der Waals surface area contributed by atoms with Crippen molar-refractivity contribution in [2.24, 2.45) is 0 Å². The van der Waals surface area contributed by atoms with E-state index in [-0.39, 0.29) is 11.4 Å². The molecule has 3 nitrogen and oxygen atoms in total. The predicted molar refractivity (Wildman–Crippen MR) is 96.6 cm³/mol. The number of hydrogen-bond donors (Lipinski definition) is 0. The molecule has 0 radical (unpaired) electrons. The molecule has 4 aromatic rings. The van der Waals surface area contributed by atoms with Gasteiger partial charge in [-0.25, -0.2) is 0 Å². The summed E-state index contributed by atoms with van der Waals surface area (Å²) in [6, 6.07) is 21.1. The van der Waals surface area contributed by atoms with E-state index in [2.05, 4.69) is 0 Å². The molecule has 0 bridgehead atoms. The largest absolute Gasteiger partial charge is 0.465 e. The minimum Gasteiger partial charge on any atom is -0.465 e. The van der Waals surface area contributed by atoms with Crippen molar-refractivity contribution in [3.63, 3.8) is 0 Å². The molecule has 0 spiro atoms. The standard InChI is InChI=1S/C21H16O3/c1-2-23-21-18(15-9-4-3-5-10-15)20(22)19-16-11-7-6-8-14(16)12-13-17(19)24-21/h3-13H,2H2,1H3. The fourth-order valence-corrected chi connectivity index (χ4v) is 3.03. The van der Waals surface area contributed by atoms with Gasteiger partial charge in [0.25, 0.3) is 5.95 Å². The summed E-state index contributed by atoms with van der Waals surface area (Å²) in [6.07, 6.45) is 0. The van der Waals surface area contributed by atoms with Gasteiger partial charge in [0.2, 0.25) is 5.43 Å². The highest BCUT2D eigenvalue weighted by Crippen LogP contribution is 2.33. The van der Waals surface area contributed by atoms with Crippen LogP contribution in [0.3, 0.4) is 0 Å². The molecule has 0 saturated heterocycles. The first-order valence-corrected chi connectivity index (χ1v) is 7.96. The summed E-state index contributed by atoms with van der Waals surface area (Å²) in [4.78, 5) is 13.3. The SMILES string of the molecule is CCOc1oc2ccc3ccccc3c2c(=O)c1-c1ccccc1. The fourth-order valence-electron chi connectivity index (χ4n) is 3.03. The summed E-state index contributed by atoms with van der Waals surface area (Å²) >= 11 is 0. The molecule has 0 unspecified atom stereocenters. The second kappa shape index (κ2) is 5.85. The maximum absolute atomic E-state index is 13.3. The van der Waals surface area contributed by atoms with Crippen LogP contribution in [0.4, 0.5) is 0 Å². The van der Waals surface area contributed by atoms with Gasteiger partial charge in [0.15, 0.2) is 0 Å². The molecule has 1 heterocycles. The first-order chi connectivity index (χ1) is 11.8. The van der Waals surface area contributed by atoms with E-state index in [1.54, 1.807) is 0 Å². The Bertz CT molecular complexity index is 1080. The first-order valence-electron chi connectivity index (χ1n) is 7.96. The lowest BCUT2D eigenvalue weighted by atomic mass is 10.0. The van der Waals surface area contributed by atoms with Gasteiger partial charge in [-0.05, 0) is 29.3 Å². The van der Waals surface area contributed by atoms with Gasteiger partial charge in [0.1, 0.15) is 11.1 Å². The van der Waals surface area contributed by atoms with Crippen LogP contribution in [0.5, 0.6) is 5.95 Å². The molecule has 0 atom stereocenters. The van der Waals surface area contributed by atoms with Gasteiger partial charge in [-0.3, -0.25) is 4.79 Å². The van der Waals surface area contributed by atoms with Crippen molar-refractivity contribution in [1.82, 2.24) is 0 Å². The Balaban J connectivity index is 2.16. The first kappa shape index (κ1) is 14.5. The zero-order chi connectivity index (χ0) is 16.5. The van der Waals surface area contributed by atoms with E-state index in [9.17, 15) is 4.79 Å². The van der Waals surface area contributed by atoms with E-state index in [1.807, 2.05) is 73.7 Å². The Labute approximate surface area is 139 Å². The van der Waals surface area contributed by atoms with Crippen molar-refractivity contribution in [3.05, 3.63) is 77.0 Å². The molecule has 4 rings (SSSR count). The van der Waals surface area contributed by atoms with Crippen LogP contribution in [0.15, 0.2) is 75.9 Å². The van der Waals surface area contributed by atoms with E-state index in [0.717, 1.165) is 16.3 Å². The molecule has 118 valence electrons. The zero-order valence-electron chi connectivity index (χ0n) is 13.3. The van der Waals surface area contributed by atoms with Crippen LogP contribution in [-0.2, 0) is 0 Å². The smallest absolute Gasteiger partial charge is 0.297 e. The van der Waals surface area contributed by atoms with Crippen molar-refractivity contribution in [2.45, 2.75) is 6.92 Å². The summed E-state index contributed by atoms with van der Waals surface area (Å²) in [5.41, 5.74) is 1.75. The quantitative estimate of drug-likeness (QED) is 0.499. The number of fused-ring (bicyclic) bond motifs is 3. The second-order valence-electron chi connectivity index (χ2n) is 5.55. The highest BCUT2D eigenvalue weighted by Gasteiger charge is 2.18. The molecule has 0 fully saturated rings. The molecule has 1 aromatic heterocycles. The molecule has 24 heavy (non-hydrogen) atoms. The van der Waals surface area contributed by atoms with Crippen molar-refractivity contribution in [2.75, 3.05) is 6.61 Å². The number of hydrogen-bond acceptors (Lipinski definition) is 3. The van der Waals surface area contributed by atoms with Crippen LogP contribution in [0.1, 0.15) is 6.92 Å². The van der Waals surface area contributed by atoms with Crippen molar-refractivity contribution >= 4 is 21.7 Å². The lowest BCUT2D eigenvalue weighted by Gasteiger charge is -2.11. The van der Waals surface area contributed by atoms with E-state index < -0.39 is 0 Å². The average molecular weight is 316 g/mol. The molecular weight excluding hydrogens is 300 g/mol. The lowest BCUT2D eigenvalue weighted by molar-refractivity contribution is 0.263. The lowest BCUT2D eigenvalue weighted by Crippen LogP contribution is -2.09. The van der Waals surface area contributed by atoms with E-state index >= 15 is 0 Å². The summed E-state index contributed by atoms with van der Waals surface area (Å²) in [5, 5.41) is 2.50. The summed E-state index contributed by atoms with van der Waals surface area (Å²) in [6.45, 7) is 2.31. The zero-order valence-corrected chi connectivity index (χ0v) is 13.3. The predicted octanol–water partition coefficient (Wildman–Crippen LogP) is 5.01. The van der Waals surface area contributed by atoms with Gasteiger partial charge in [0.05, 0.1) is 12.0 Å². The Kier molecular flexibility index (Phi) is 3.54. The van der Waals surface area contributed by atoms with Crippen LogP contribution in [0.2, 0.25) is 0 Å². The van der Waals surface area contributed by atoms with Gasteiger partial charge >= 0.3 is 0 Å². The number of ether oxygens (including phenoxy) is 1. The average Bonchev–Trinajstić information content (AvgIpc) is 2.62. The molecule has 0 aliphatic heterocycles. The third kappa shape index (κ3) is 2.26. The van der Waals surface area contributed by atoms with Gasteiger partial charge in [-0.1, -0.05) is 60.7 Å². The maximum Gasteiger partial charge on any atom is 0.297 e. The summed E-state index contributed by atoms with van der Waals surface area (Å²) in [5.74, 6) is 0.275. The Hall–Kier alpha value is -3.07. The Morgan fingerprint density at radius 1 is 0.917 bits per heavy atom. The molecule has 0 saturated carbocycles.